The zero-order valence-electron chi connectivity index (χ0n) is 21.8. The Kier molecular flexibility index (Phi) is 10.4. The number of amides is 2. The van der Waals surface area contributed by atoms with E-state index in [2.05, 4.69) is 5.32 Å². The third-order valence-corrected chi connectivity index (χ3v) is 8.22. The van der Waals surface area contributed by atoms with Crippen LogP contribution in [-0.4, -0.2) is 44.3 Å². The zero-order valence-corrected chi connectivity index (χ0v) is 24.1. The molecule has 208 valence electrons. The van der Waals surface area contributed by atoms with Gasteiger partial charge >= 0.3 is 0 Å². The number of halogens is 3. The van der Waals surface area contributed by atoms with Gasteiger partial charge in [0.15, 0.2) is 0 Å². The molecule has 0 unspecified atom stereocenters. The van der Waals surface area contributed by atoms with Gasteiger partial charge in [-0.15, -0.1) is 0 Å². The Labute approximate surface area is 238 Å². The van der Waals surface area contributed by atoms with E-state index in [-0.39, 0.29) is 28.1 Å². The maximum absolute atomic E-state index is 13.8. The van der Waals surface area contributed by atoms with Crippen LogP contribution >= 0.6 is 23.2 Å². The molecule has 3 aromatic carbocycles. The fourth-order valence-corrected chi connectivity index (χ4v) is 5.75. The Bertz CT molecular complexity index is 1400. The normalized spacial score (nSPS) is 12.2. The molecule has 0 saturated heterocycles. The van der Waals surface area contributed by atoms with E-state index >= 15 is 0 Å². The lowest BCUT2D eigenvalue weighted by molar-refractivity contribution is -0.139. The molecule has 2 amide bonds. The van der Waals surface area contributed by atoms with Gasteiger partial charge in [-0.3, -0.25) is 13.9 Å². The highest BCUT2D eigenvalue weighted by Crippen LogP contribution is 2.33. The van der Waals surface area contributed by atoms with Crippen molar-refractivity contribution in [2.24, 2.45) is 5.92 Å². The van der Waals surface area contributed by atoms with E-state index in [0.717, 1.165) is 4.31 Å². The van der Waals surface area contributed by atoms with Gasteiger partial charge in [0.25, 0.3) is 10.0 Å². The summed E-state index contributed by atoms with van der Waals surface area (Å²) in [5.74, 6) is -1.32. The molecule has 0 radical (unpaired) electrons. The second kappa shape index (κ2) is 13.3. The predicted molar refractivity (Wildman–Crippen MR) is 152 cm³/mol. The molecule has 0 aliphatic heterocycles. The molecule has 0 heterocycles. The lowest BCUT2D eigenvalue weighted by atomic mass is 10.1. The van der Waals surface area contributed by atoms with Crippen molar-refractivity contribution >= 4 is 50.7 Å². The summed E-state index contributed by atoms with van der Waals surface area (Å²) >= 11 is 12.4. The number of hydrogen-bond donors (Lipinski definition) is 1. The van der Waals surface area contributed by atoms with E-state index in [0.29, 0.717) is 17.1 Å². The molecular formula is C28H30Cl2FN3O4S. The Morgan fingerprint density at radius 2 is 1.59 bits per heavy atom. The fraction of sp³-hybridized carbons (Fsp3) is 0.286. The van der Waals surface area contributed by atoms with E-state index < -0.39 is 40.2 Å². The number of nitrogens with one attached hydrogen (secondary N) is 1. The van der Waals surface area contributed by atoms with E-state index in [1.807, 2.05) is 13.8 Å². The van der Waals surface area contributed by atoms with Crippen LogP contribution in [0.1, 0.15) is 26.3 Å². The van der Waals surface area contributed by atoms with Crippen LogP contribution in [0.15, 0.2) is 77.7 Å². The summed E-state index contributed by atoms with van der Waals surface area (Å²) in [5.41, 5.74) is 0.618. The minimum Gasteiger partial charge on any atom is -0.354 e. The highest BCUT2D eigenvalue weighted by atomic mass is 35.5. The molecule has 0 saturated carbocycles. The first kappa shape index (κ1) is 30.4. The van der Waals surface area contributed by atoms with Gasteiger partial charge in [-0.05, 0) is 60.9 Å². The van der Waals surface area contributed by atoms with Crippen molar-refractivity contribution in [3.8, 4) is 0 Å². The SMILES string of the molecule is CC(C)CNC(=O)[C@@H](C)N(Cc1ccc(F)cc1)C(=O)CN(c1ccc(Cl)cc1Cl)S(=O)(=O)c1ccccc1. The average molecular weight is 595 g/mol. The fourth-order valence-electron chi connectivity index (χ4n) is 3.74. The molecule has 1 N–H and O–H groups in total. The maximum Gasteiger partial charge on any atom is 0.264 e. The highest BCUT2D eigenvalue weighted by Gasteiger charge is 2.33. The monoisotopic (exact) mass is 593 g/mol. The van der Waals surface area contributed by atoms with Gasteiger partial charge in [0.05, 0.1) is 15.6 Å². The Morgan fingerprint density at radius 3 is 2.18 bits per heavy atom. The van der Waals surface area contributed by atoms with Crippen LogP contribution in [0.4, 0.5) is 10.1 Å². The van der Waals surface area contributed by atoms with Gasteiger partial charge < -0.3 is 10.2 Å². The minimum atomic E-state index is -4.26. The number of carbonyl (C=O) groups is 2. The number of hydrogen-bond acceptors (Lipinski definition) is 4. The van der Waals surface area contributed by atoms with Crippen LogP contribution in [0.3, 0.4) is 0 Å². The lowest BCUT2D eigenvalue weighted by Gasteiger charge is -2.32. The topological polar surface area (TPSA) is 86.8 Å². The Morgan fingerprint density at radius 1 is 0.949 bits per heavy atom. The molecule has 3 aromatic rings. The molecule has 0 aliphatic carbocycles. The van der Waals surface area contributed by atoms with Gasteiger partial charge in [-0.25, -0.2) is 12.8 Å². The zero-order chi connectivity index (χ0) is 28.7. The minimum absolute atomic E-state index is 0.0302. The largest absolute Gasteiger partial charge is 0.354 e. The van der Waals surface area contributed by atoms with Crippen molar-refractivity contribution in [1.29, 1.82) is 0 Å². The standard InChI is InChI=1S/C28H30Cl2FN3O4S/c1-19(2)16-32-28(36)20(3)33(17-21-9-12-23(31)13-10-21)27(35)18-34(26-14-11-22(29)15-25(26)30)39(37,38)24-7-5-4-6-8-24/h4-15,19-20H,16-18H2,1-3H3,(H,32,36)/t20-/m1/s1. The number of benzene rings is 3. The van der Waals surface area contributed by atoms with Crippen molar-refractivity contribution in [2.45, 2.75) is 38.3 Å². The van der Waals surface area contributed by atoms with Crippen LogP contribution < -0.4 is 9.62 Å². The van der Waals surface area contributed by atoms with Gasteiger partial charge in [-0.2, -0.15) is 0 Å². The Balaban J connectivity index is 2.03. The summed E-state index contributed by atoms with van der Waals surface area (Å²) in [5, 5.41) is 3.13. The van der Waals surface area contributed by atoms with Crippen LogP contribution in [0.2, 0.25) is 10.0 Å². The summed E-state index contributed by atoms with van der Waals surface area (Å²) in [6.45, 7) is 5.13. The quantitative estimate of drug-likeness (QED) is 0.317. The molecule has 11 heteroatoms. The third kappa shape index (κ3) is 7.94. The number of sulfonamides is 1. The predicted octanol–water partition coefficient (Wildman–Crippen LogP) is 5.52. The summed E-state index contributed by atoms with van der Waals surface area (Å²) in [7, 11) is -4.26. The number of carbonyl (C=O) groups excluding carboxylic acids is 2. The first-order valence-electron chi connectivity index (χ1n) is 12.2. The van der Waals surface area contributed by atoms with E-state index in [1.165, 1.54) is 59.5 Å². The Hall–Kier alpha value is -3.14. The van der Waals surface area contributed by atoms with Crippen molar-refractivity contribution in [3.05, 3.63) is 94.2 Å². The molecule has 0 aliphatic rings. The summed E-state index contributed by atoms with van der Waals surface area (Å²) in [6.07, 6.45) is 0. The molecule has 0 spiro atoms. The molecule has 0 bridgehead atoms. The molecule has 7 nitrogen and oxygen atoms in total. The smallest absolute Gasteiger partial charge is 0.264 e. The lowest BCUT2D eigenvalue weighted by Crippen LogP contribution is -2.51. The average Bonchev–Trinajstić information content (AvgIpc) is 2.90. The van der Waals surface area contributed by atoms with E-state index in [1.54, 1.807) is 25.1 Å². The van der Waals surface area contributed by atoms with Gasteiger partial charge in [0, 0.05) is 18.1 Å². The van der Waals surface area contributed by atoms with Crippen LogP contribution in [0.25, 0.3) is 0 Å². The van der Waals surface area contributed by atoms with Crippen molar-refractivity contribution < 1.29 is 22.4 Å². The third-order valence-electron chi connectivity index (χ3n) is 5.91. The first-order chi connectivity index (χ1) is 18.4. The van der Waals surface area contributed by atoms with E-state index in [4.69, 9.17) is 23.2 Å². The summed E-state index contributed by atoms with van der Waals surface area (Å²) in [4.78, 5) is 28.0. The van der Waals surface area contributed by atoms with Gasteiger partial charge in [-0.1, -0.05) is 67.4 Å². The molecule has 0 aromatic heterocycles. The van der Waals surface area contributed by atoms with Crippen molar-refractivity contribution in [1.82, 2.24) is 10.2 Å². The summed E-state index contributed by atoms with van der Waals surface area (Å²) in [6, 6.07) is 16.5. The second-order valence-corrected chi connectivity index (χ2v) is 12.1. The molecule has 3 rings (SSSR count). The van der Waals surface area contributed by atoms with Crippen LogP contribution in [0.5, 0.6) is 0 Å². The first-order valence-corrected chi connectivity index (χ1v) is 14.4. The maximum atomic E-state index is 13.8. The van der Waals surface area contributed by atoms with Gasteiger partial charge in [0.2, 0.25) is 11.8 Å². The van der Waals surface area contributed by atoms with Crippen molar-refractivity contribution in [3.63, 3.8) is 0 Å². The van der Waals surface area contributed by atoms with Gasteiger partial charge in [0.1, 0.15) is 18.4 Å². The van der Waals surface area contributed by atoms with Crippen LogP contribution in [0, 0.1) is 11.7 Å². The molecule has 1 atom stereocenters. The van der Waals surface area contributed by atoms with Crippen LogP contribution in [-0.2, 0) is 26.2 Å². The van der Waals surface area contributed by atoms with E-state index in [9.17, 15) is 22.4 Å². The second-order valence-electron chi connectivity index (χ2n) is 9.38. The number of rotatable bonds is 11. The molecule has 39 heavy (non-hydrogen) atoms. The number of nitrogens with zero attached hydrogens (tertiary/aromatic N) is 2. The highest BCUT2D eigenvalue weighted by molar-refractivity contribution is 7.92. The van der Waals surface area contributed by atoms with Crippen molar-refractivity contribution in [2.75, 3.05) is 17.4 Å². The molecular weight excluding hydrogens is 564 g/mol. The summed E-state index contributed by atoms with van der Waals surface area (Å²) < 4.78 is 41.9. The number of anilines is 1. The molecule has 0 fully saturated rings.